The van der Waals surface area contributed by atoms with Crippen LogP contribution in [0, 0.1) is 5.92 Å². The minimum atomic E-state index is 0.0505. The van der Waals surface area contributed by atoms with Gasteiger partial charge in [-0.3, -0.25) is 4.79 Å². The molecule has 1 saturated carbocycles. The van der Waals surface area contributed by atoms with Gasteiger partial charge in [0, 0.05) is 37.1 Å². The molecule has 0 aromatic carbocycles. The maximum atomic E-state index is 11.2. The number of aromatic nitrogens is 1. The number of nitrogens with zero attached hydrogens (tertiary/aromatic N) is 1. The number of hydrogen-bond acceptors (Lipinski definition) is 2. The summed E-state index contributed by atoms with van der Waals surface area (Å²) in [6.45, 7) is 1.37. The van der Waals surface area contributed by atoms with Crippen LogP contribution in [0.3, 0.4) is 0 Å². The Morgan fingerprint density at radius 2 is 2.31 bits per heavy atom. The quantitative estimate of drug-likeness (QED) is 0.741. The highest BCUT2D eigenvalue weighted by Gasteiger charge is 2.21. The summed E-state index contributed by atoms with van der Waals surface area (Å²) in [6, 6.07) is 1.60. The lowest BCUT2D eigenvalue weighted by molar-refractivity contribution is 0.618. The summed E-state index contributed by atoms with van der Waals surface area (Å²) in [4.78, 5) is 11.2. The molecule has 70 valence electrons. The van der Waals surface area contributed by atoms with Gasteiger partial charge in [-0.25, -0.2) is 0 Å². The third kappa shape index (κ3) is 1.98. The van der Waals surface area contributed by atoms with Crippen molar-refractivity contribution >= 4 is 0 Å². The maximum Gasteiger partial charge on any atom is 0.186 e. The highest BCUT2D eigenvalue weighted by Crippen LogP contribution is 2.30. The Labute approximate surface area is 77.2 Å². The molecule has 3 nitrogen and oxygen atoms in total. The van der Waals surface area contributed by atoms with Crippen molar-refractivity contribution < 1.29 is 0 Å². The normalized spacial score (nSPS) is 16.1. The van der Waals surface area contributed by atoms with Crippen LogP contribution >= 0.6 is 0 Å². The highest BCUT2D eigenvalue weighted by atomic mass is 16.1. The van der Waals surface area contributed by atoms with Gasteiger partial charge in [-0.2, -0.15) is 0 Å². The summed E-state index contributed by atoms with van der Waals surface area (Å²) in [6.07, 6.45) is 6.37. The standard InChI is InChI=1S/C10H14N2O/c11-5-9-7-12(4-3-10(9)13)6-8-1-2-8/h3-4,7-8H,1-2,5-6,11H2. The van der Waals surface area contributed by atoms with E-state index >= 15 is 0 Å². The molecular weight excluding hydrogens is 164 g/mol. The summed E-state index contributed by atoms with van der Waals surface area (Å²) < 4.78 is 2.07. The summed E-state index contributed by atoms with van der Waals surface area (Å²) in [5.41, 5.74) is 6.21. The van der Waals surface area contributed by atoms with Gasteiger partial charge >= 0.3 is 0 Å². The zero-order valence-electron chi connectivity index (χ0n) is 7.57. The minimum absolute atomic E-state index is 0.0505. The molecule has 0 aliphatic heterocycles. The van der Waals surface area contributed by atoms with E-state index in [1.807, 2.05) is 12.4 Å². The number of hydrogen-bond donors (Lipinski definition) is 1. The predicted octanol–water partition coefficient (Wildman–Crippen LogP) is 0.717. The molecule has 13 heavy (non-hydrogen) atoms. The Hall–Kier alpha value is -1.09. The van der Waals surface area contributed by atoms with Crippen molar-refractivity contribution in [2.75, 3.05) is 0 Å². The maximum absolute atomic E-state index is 11.2. The van der Waals surface area contributed by atoms with Crippen molar-refractivity contribution in [1.29, 1.82) is 0 Å². The molecule has 1 aromatic rings. The van der Waals surface area contributed by atoms with E-state index in [4.69, 9.17) is 5.73 Å². The smallest absolute Gasteiger partial charge is 0.186 e. The van der Waals surface area contributed by atoms with Crippen LogP contribution < -0.4 is 11.2 Å². The molecular formula is C10H14N2O. The third-order valence-electron chi connectivity index (χ3n) is 2.44. The van der Waals surface area contributed by atoms with E-state index in [0.29, 0.717) is 12.1 Å². The summed E-state index contributed by atoms with van der Waals surface area (Å²) in [7, 11) is 0. The zero-order valence-corrected chi connectivity index (χ0v) is 7.57. The van der Waals surface area contributed by atoms with Gasteiger partial charge in [-0.05, 0) is 18.8 Å². The van der Waals surface area contributed by atoms with Gasteiger partial charge < -0.3 is 10.3 Å². The summed E-state index contributed by atoms with van der Waals surface area (Å²) in [5, 5.41) is 0. The van der Waals surface area contributed by atoms with Gasteiger partial charge in [0.25, 0.3) is 0 Å². The second kappa shape index (κ2) is 3.34. The summed E-state index contributed by atoms with van der Waals surface area (Å²) >= 11 is 0. The van der Waals surface area contributed by atoms with E-state index in [0.717, 1.165) is 12.5 Å². The van der Waals surface area contributed by atoms with Gasteiger partial charge in [0.1, 0.15) is 0 Å². The molecule has 1 aliphatic rings. The monoisotopic (exact) mass is 178 g/mol. The zero-order chi connectivity index (χ0) is 9.26. The first-order valence-electron chi connectivity index (χ1n) is 4.68. The first-order chi connectivity index (χ1) is 6.29. The minimum Gasteiger partial charge on any atom is -0.353 e. The first kappa shape index (κ1) is 8.51. The van der Waals surface area contributed by atoms with E-state index in [1.165, 1.54) is 12.8 Å². The van der Waals surface area contributed by atoms with E-state index in [9.17, 15) is 4.79 Å². The molecule has 2 rings (SSSR count). The topological polar surface area (TPSA) is 48.0 Å². The average molecular weight is 178 g/mol. The van der Waals surface area contributed by atoms with Gasteiger partial charge in [0.2, 0.25) is 0 Å². The number of pyridine rings is 1. The van der Waals surface area contributed by atoms with E-state index in [2.05, 4.69) is 4.57 Å². The molecule has 0 saturated heterocycles. The molecule has 0 unspecified atom stereocenters. The van der Waals surface area contributed by atoms with Crippen molar-refractivity contribution in [1.82, 2.24) is 4.57 Å². The molecule has 0 bridgehead atoms. The van der Waals surface area contributed by atoms with Gasteiger partial charge in [0.05, 0.1) is 0 Å². The summed E-state index contributed by atoms with van der Waals surface area (Å²) in [5.74, 6) is 0.827. The Morgan fingerprint density at radius 1 is 1.54 bits per heavy atom. The van der Waals surface area contributed by atoms with Gasteiger partial charge in [0.15, 0.2) is 5.43 Å². The van der Waals surface area contributed by atoms with Crippen LogP contribution in [0.1, 0.15) is 18.4 Å². The van der Waals surface area contributed by atoms with Gasteiger partial charge in [-0.1, -0.05) is 0 Å². The third-order valence-corrected chi connectivity index (χ3v) is 2.44. The lowest BCUT2D eigenvalue weighted by Crippen LogP contribution is -2.15. The van der Waals surface area contributed by atoms with Crippen LogP contribution in [0.15, 0.2) is 23.3 Å². The molecule has 1 aromatic heterocycles. The molecule has 3 heteroatoms. The molecule has 0 radical (unpaired) electrons. The number of rotatable bonds is 3. The Kier molecular flexibility index (Phi) is 2.19. The van der Waals surface area contributed by atoms with E-state index < -0.39 is 0 Å². The highest BCUT2D eigenvalue weighted by molar-refractivity contribution is 5.10. The van der Waals surface area contributed by atoms with Crippen LogP contribution in [-0.2, 0) is 13.1 Å². The van der Waals surface area contributed by atoms with Crippen molar-refractivity contribution in [3.8, 4) is 0 Å². The second-order valence-corrected chi connectivity index (χ2v) is 3.68. The number of nitrogens with two attached hydrogens (primary N) is 1. The van der Waals surface area contributed by atoms with Crippen molar-refractivity contribution in [2.24, 2.45) is 11.7 Å². The van der Waals surface area contributed by atoms with Crippen LogP contribution in [0.25, 0.3) is 0 Å². The van der Waals surface area contributed by atoms with Crippen LogP contribution in [-0.4, -0.2) is 4.57 Å². The van der Waals surface area contributed by atoms with Crippen molar-refractivity contribution in [3.05, 3.63) is 34.2 Å². The molecule has 2 N–H and O–H groups in total. The van der Waals surface area contributed by atoms with Crippen LogP contribution in [0.2, 0.25) is 0 Å². The predicted molar refractivity (Wildman–Crippen MR) is 51.3 cm³/mol. The SMILES string of the molecule is NCc1cn(CC2CC2)ccc1=O. The van der Waals surface area contributed by atoms with E-state index in [-0.39, 0.29) is 5.43 Å². The molecule has 0 atom stereocenters. The fourth-order valence-electron chi connectivity index (χ4n) is 1.44. The Balaban J connectivity index is 2.21. The van der Waals surface area contributed by atoms with Crippen molar-refractivity contribution in [3.63, 3.8) is 0 Å². The average Bonchev–Trinajstić information content (AvgIpc) is 2.92. The second-order valence-electron chi connectivity index (χ2n) is 3.68. The van der Waals surface area contributed by atoms with Crippen molar-refractivity contribution in [2.45, 2.75) is 25.9 Å². The molecule has 1 aliphatic carbocycles. The lowest BCUT2D eigenvalue weighted by Gasteiger charge is -2.05. The fraction of sp³-hybridized carbons (Fsp3) is 0.500. The first-order valence-corrected chi connectivity index (χ1v) is 4.68. The largest absolute Gasteiger partial charge is 0.353 e. The lowest BCUT2D eigenvalue weighted by atomic mass is 10.2. The van der Waals surface area contributed by atoms with E-state index in [1.54, 1.807) is 6.07 Å². The molecule has 0 amide bonds. The molecule has 0 spiro atoms. The fourth-order valence-corrected chi connectivity index (χ4v) is 1.44. The van der Waals surface area contributed by atoms with Gasteiger partial charge in [-0.15, -0.1) is 0 Å². The Bertz CT molecular complexity index is 352. The molecule has 1 fully saturated rings. The van der Waals surface area contributed by atoms with Crippen LogP contribution in [0.5, 0.6) is 0 Å². The molecule has 1 heterocycles. The van der Waals surface area contributed by atoms with Crippen LogP contribution in [0.4, 0.5) is 0 Å². The Morgan fingerprint density at radius 3 is 2.92 bits per heavy atom.